The molecule has 1 aromatic rings. The molecule has 0 spiro atoms. The summed E-state index contributed by atoms with van der Waals surface area (Å²) in [4.78, 5) is 0. The van der Waals surface area contributed by atoms with Crippen molar-refractivity contribution >= 4 is 5.57 Å². The molecule has 1 N–H and O–H groups in total. The molecule has 0 radical (unpaired) electrons. The van der Waals surface area contributed by atoms with E-state index >= 15 is 0 Å². The van der Waals surface area contributed by atoms with Gasteiger partial charge in [-0.3, -0.25) is 0 Å². The van der Waals surface area contributed by atoms with Gasteiger partial charge in [0.05, 0.1) is 33.0 Å². The third-order valence-electron chi connectivity index (χ3n) is 4.32. The Kier molecular flexibility index (Phi) is 5.48. The second-order valence-corrected chi connectivity index (χ2v) is 5.87. The monoisotopic (exact) mass is 303 g/mol. The molecule has 0 saturated carbocycles. The van der Waals surface area contributed by atoms with Crippen LogP contribution in [0.25, 0.3) is 5.57 Å². The molecule has 1 atom stereocenters. The van der Waals surface area contributed by atoms with Crippen LogP contribution in [-0.4, -0.2) is 46.1 Å². The Morgan fingerprint density at radius 2 is 2.27 bits per heavy atom. The molecule has 120 valence electrons. The summed E-state index contributed by atoms with van der Waals surface area (Å²) in [6, 6.07) is 8.38. The predicted molar refractivity (Wildman–Crippen MR) is 87.2 cm³/mol. The SMILES string of the molecule is COc1cccc(C2=C(CC3COCCO3)CNCCC2)c1. The molecule has 22 heavy (non-hydrogen) atoms. The van der Waals surface area contributed by atoms with E-state index in [9.17, 15) is 0 Å². The normalized spacial score (nSPS) is 23.2. The summed E-state index contributed by atoms with van der Waals surface area (Å²) in [5, 5.41) is 3.53. The van der Waals surface area contributed by atoms with Crippen molar-refractivity contribution in [2.45, 2.75) is 25.4 Å². The molecular formula is C18H25NO3. The molecule has 2 aliphatic heterocycles. The van der Waals surface area contributed by atoms with Crippen molar-refractivity contribution in [3.05, 3.63) is 35.4 Å². The van der Waals surface area contributed by atoms with Gasteiger partial charge in [0.15, 0.2) is 0 Å². The molecule has 0 aromatic heterocycles. The highest BCUT2D eigenvalue weighted by molar-refractivity contribution is 5.70. The summed E-state index contributed by atoms with van der Waals surface area (Å²) in [6.45, 7) is 4.14. The Balaban J connectivity index is 1.86. The highest BCUT2D eigenvalue weighted by atomic mass is 16.6. The molecule has 0 bridgehead atoms. The Bertz CT molecular complexity index is 521. The summed E-state index contributed by atoms with van der Waals surface area (Å²) in [6.07, 6.45) is 3.39. The summed E-state index contributed by atoms with van der Waals surface area (Å²) >= 11 is 0. The first-order valence-electron chi connectivity index (χ1n) is 8.12. The molecule has 4 heteroatoms. The Morgan fingerprint density at radius 1 is 1.32 bits per heavy atom. The zero-order valence-corrected chi connectivity index (χ0v) is 13.3. The Hall–Kier alpha value is -1.36. The fourth-order valence-corrected chi connectivity index (χ4v) is 3.20. The Morgan fingerprint density at radius 3 is 3.09 bits per heavy atom. The number of hydrogen-bond acceptors (Lipinski definition) is 4. The van der Waals surface area contributed by atoms with E-state index in [4.69, 9.17) is 14.2 Å². The molecular weight excluding hydrogens is 278 g/mol. The van der Waals surface area contributed by atoms with Crippen molar-refractivity contribution in [3.8, 4) is 5.75 Å². The van der Waals surface area contributed by atoms with Gasteiger partial charge in [-0.05, 0) is 54.6 Å². The highest BCUT2D eigenvalue weighted by Gasteiger charge is 2.20. The zero-order valence-electron chi connectivity index (χ0n) is 13.3. The van der Waals surface area contributed by atoms with Gasteiger partial charge in [-0.2, -0.15) is 0 Å². The molecule has 3 rings (SSSR count). The van der Waals surface area contributed by atoms with Crippen molar-refractivity contribution in [2.24, 2.45) is 0 Å². The van der Waals surface area contributed by atoms with E-state index in [1.165, 1.54) is 16.7 Å². The van der Waals surface area contributed by atoms with E-state index in [2.05, 4.69) is 23.5 Å². The van der Waals surface area contributed by atoms with Crippen molar-refractivity contribution in [2.75, 3.05) is 40.0 Å². The summed E-state index contributed by atoms with van der Waals surface area (Å²) in [7, 11) is 1.72. The van der Waals surface area contributed by atoms with Crippen molar-refractivity contribution < 1.29 is 14.2 Å². The molecule has 1 fully saturated rings. The quantitative estimate of drug-likeness (QED) is 0.928. The van der Waals surface area contributed by atoms with Crippen LogP contribution in [0.3, 0.4) is 0 Å². The lowest BCUT2D eigenvalue weighted by atomic mass is 9.93. The van der Waals surface area contributed by atoms with Gasteiger partial charge in [0.2, 0.25) is 0 Å². The first-order valence-corrected chi connectivity index (χ1v) is 8.12. The van der Waals surface area contributed by atoms with Crippen LogP contribution < -0.4 is 10.1 Å². The summed E-state index contributed by atoms with van der Waals surface area (Å²) in [5.41, 5.74) is 4.16. The molecule has 0 aliphatic carbocycles. The van der Waals surface area contributed by atoms with E-state index in [1.54, 1.807) is 7.11 Å². The average molecular weight is 303 g/mol. The van der Waals surface area contributed by atoms with Crippen LogP contribution in [0.15, 0.2) is 29.8 Å². The third kappa shape index (κ3) is 3.88. The van der Waals surface area contributed by atoms with Gasteiger partial charge in [0.25, 0.3) is 0 Å². The van der Waals surface area contributed by atoms with Crippen LogP contribution in [0.4, 0.5) is 0 Å². The molecule has 1 aromatic carbocycles. The van der Waals surface area contributed by atoms with Crippen molar-refractivity contribution in [3.63, 3.8) is 0 Å². The smallest absolute Gasteiger partial charge is 0.119 e. The van der Waals surface area contributed by atoms with E-state index in [0.717, 1.165) is 44.7 Å². The van der Waals surface area contributed by atoms with Crippen LogP contribution in [0.1, 0.15) is 24.8 Å². The van der Waals surface area contributed by atoms with E-state index in [0.29, 0.717) is 13.2 Å². The van der Waals surface area contributed by atoms with Gasteiger partial charge in [-0.25, -0.2) is 0 Å². The highest BCUT2D eigenvalue weighted by Crippen LogP contribution is 2.30. The predicted octanol–water partition coefficient (Wildman–Crippen LogP) is 2.64. The maximum atomic E-state index is 5.84. The third-order valence-corrected chi connectivity index (χ3v) is 4.32. The van der Waals surface area contributed by atoms with Crippen LogP contribution in [0.5, 0.6) is 5.75 Å². The maximum Gasteiger partial charge on any atom is 0.119 e. The second kappa shape index (κ2) is 7.77. The van der Waals surface area contributed by atoms with Crippen molar-refractivity contribution in [1.29, 1.82) is 0 Å². The molecule has 2 heterocycles. The van der Waals surface area contributed by atoms with Crippen LogP contribution in [0, 0.1) is 0 Å². The lowest BCUT2D eigenvalue weighted by Gasteiger charge is -2.25. The largest absolute Gasteiger partial charge is 0.497 e. The molecule has 0 amide bonds. The number of rotatable bonds is 4. The molecule has 1 unspecified atom stereocenters. The first-order chi connectivity index (χ1) is 10.9. The van der Waals surface area contributed by atoms with E-state index < -0.39 is 0 Å². The zero-order chi connectivity index (χ0) is 15.2. The molecule has 4 nitrogen and oxygen atoms in total. The number of hydrogen-bond donors (Lipinski definition) is 1. The second-order valence-electron chi connectivity index (χ2n) is 5.87. The standard InChI is InChI=1S/C18H25NO3/c1-20-16-5-2-4-14(10-16)18-6-3-7-19-12-15(18)11-17-13-21-8-9-22-17/h2,4-5,10,17,19H,3,6-9,11-13H2,1H3. The fraction of sp³-hybridized carbons (Fsp3) is 0.556. The fourth-order valence-electron chi connectivity index (χ4n) is 3.20. The Labute approximate surface area is 132 Å². The number of nitrogens with one attached hydrogen (secondary N) is 1. The van der Waals surface area contributed by atoms with Crippen LogP contribution >= 0.6 is 0 Å². The number of allylic oxidation sites excluding steroid dienone is 1. The van der Waals surface area contributed by atoms with Gasteiger partial charge >= 0.3 is 0 Å². The summed E-state index contributed by atoms with van der Waals surface area (Å²) in [5.74, 6) is 0.916. The topological polar surface area (TPSA) is 39.7 Å². The van der Waals surface area contributed by atoms with Gasteiger partial charge in [0, 0.05) is 6.54 Å². The van der Waals surface area contributed by atoms with Gasteiger partial charge in [0.1, 0.15) is 5.75 Å². The minimum Gasteiger partial charge on any atom is -0.497 e. The number of ether oxygens (including phenoxy) is 3. The van der Waals surface area contributed by atoms with Gasteiger partial charge in [-0.1, -0.05) is 12.1 Å². The lowest BCUT2D eigenvalue weighted by Crippen LogP contribution is -2.30. The van der Waals surface area contributed by atoms with Crippen LogP contribution in [-0.2, 0) is 9.47 Å². The number of benzene rings is 1. The van der Waals surface area contributed by atoms with Crippen molar-refractivity contribution in [1.82, 2.24) is 5.32 Å². The lowest BCUT2D eigenvalue weighted by molar-refractivity contribution is -0.0872. The minimum atomic E-state index is 0.184. The van der Waals surface area contributed by atoms with E-state index in [-0.39, 0.29) is 6.10 Å². The average Bonchev–Trinajstić information content (AvgIpc) is 2.81. The molecule has 2 aliphatic rings. The number of methoxy groups -OCH3 is 1. The summed E-state index contributed by atoms with van der Waals surface area (Å²) < 4.78 is 16.8. The first kappa shape index (κ1) is 15.5. The maximum absolute atomic E-state index is 5.84. The van der Waals surface area contributed by atoms with Gasteiger partial charge in [-0.15, -0.1) is 0 Å². The molecule has 1 saturated heterocycles. The minimum absolute atomic E-state index is 0.184. The van der Waals surface area contributed by atoms with Crippen LogP contribution in [0.2, 0.25) is 0 Å². The van der Waals surface area contributed by atoms with E-state index in [1.807, 2.05) is 6.07 Å². The van der Waals surface area contributed by atoms with Gasteiger partial charge < -0.3 is 19.5 Å².